The van der Waals surface area contributed by atoms with Crippen LogP contribution in [0.3, 0.4) is 0 Å². The largest absolute Gasteiger partial charge is 0.490 e. The standard InChI is InChI=1S/C20H24ClN3O4S/c1-14(2)28-18-6-5-16(29(3,26)27)12-17(18)20(25)24-10-8-23(9-11-24)19-7-4-15(21)13-22-19/h4-7,12-14H,8-11H2,1-3H3. The van der Waals surface area contributed by atoms with Gasteiger partial charge in [0.2, 0.25) is 0 Å². The van der Waals surface area contributed by atoms with E-state index in [1.165, 1.54) is 12.1 Å². The molecule has 1 aromatic heterocycles. The lowest BCUT2D eigenvalue weighted by Crippen LogP contribution is -2.49. The van der Waals surface area contributed by atoms with Crippen LogP contribution in [0.1, 0.15) is 24.2 Å². The number of aromatic nitrogens is 1. The topological polar surface area (TPSA) is 79.8 Å². The highest BCUT2D eigenvalue weighted by Crippen LogP contribution is 2.26. The Morgan fingerprint density at radius 2 is 1.83 bits per heavy atom. The van der Waals surface area contributed by atoms with Gasteiger partial charge < -0.3 is 14.5 Å². The molecular weight excluding hydrogens is 414 g/mol. The molecule has 0 radical (unpaired) electrons. The number of nitrogens with zero attached hydrogens (tertiary/aromatic N) is 3. The summed E-state index contributed by atoms with van der Waals surface area (Å²) in [5.74, 6) is 0.957. The monoisotopic (exact) mass is 437 g/mol. The number of carbonyl (C=O) groups is 1. The molecule has 1 saturated heterocycles. The first-order valence-electron chi connectivity index (χ1n) is 9.31. The Hall–Kier alpha value is -2.32. The molecule has 1 amide bonds. The molecule has 9 heteroatoms. The summed E-state index contributed by atoms with van der Waals surface area (Å²) in [5.41, 5.74) is 0.264. The predicted molar refractivity (Wildman–Crippen MR) is 113 cm³/mol. The summed E-state index contributed by atoms with van der Waals surface area (Å²) in [6.45, 7) is 5.94. The quantitative estimate of drug-likeness (QED) is 0.715. The number of ether oxygens (including phenoxy) is 1. The molecule has 0 unspecified atom stereocenters. The Bertz CT molecular complexity index is 985. The molecule has 0 atom stereocenters. The van der Waals surface area contributed by atoms with Crippen molar-refractivity contribution in [3.05, 3.63) is 47.1 Å². The summed E-state index contributed by atoms with van der Waals surface area (Å²) in [7, 11) is -3.44. The van der Waals surface area contributed by atoms with Crippen molar-refractivity contribution in [2.75, 3.05) is 37.3 Å². The second kappa shape index (κ2) is 8.59. The third-order valence-electron chi connectivity index (χ3n) is 4.57. The Balaban J connectivity index is 1.80. The maximum Gasteiger partial charge on any atom is 0.257 e. The number of hydrogen-bond donors (Lipinski definition) is 0. The fourth-order valence-corrected chi connectivity index (χ4v) is 3.89. The van der Waals surface area contributed by atoms with Crippen LogP contribution in [0.5, 0.6) is 5.75 Å². The van der Waals surface area contributed by atoms with E-state index in [-0.39, 0.29) is 22.5 Å². The van der Waals surface area contributed by atoms with Crippen LogP contribution in [0.25, 0.3) is 0 Å². The highest BCUT2D eigenvalue weighted by Gasteiger charge is 2.26. The lowest BCUT2D eigenvalue weighted by Gasteiger charge is -2.35. The van der Waals surface area contributed by atoms with Crippen LogP contribution in [0, 0.1) is 0 Å². The molecule has 1 aliphatic rings. The van der Waals surface area contributed by atoms with Gasteiger partial charge in [0, 0.05) is 38.6 Å². The molecule has 1 fully saturated rings. The third kappa shape index (κ3) is 5.19. The van der Waals surface area contributed by atoms with Crippen LogP contribution >= 0.6 is 11.6 Å². The molecule has 3 rings (SSSR count). The molecule has 1 aliphatic heterocycles. The summed E-state index contributed by atoms with van der Waals surface area (Å²) < 4.78 is 29.7. The van der Waals surface area contributed by atoms with E-state index in [2.05, 4.69) is 9.88 Å². The van der Waals surface area contributed by atoms with Crippen LogP contribution in [-0.4, -0.2) is 62.7 Å². The molecule has 1 aromatic carbocycles. The van der Waals surface area contributed by atoms with Crippen molar-refractivity contribution < 1.29 is 17.9 Å². The second-order valence-electron chi connectivity index (χ2n) is 7.21. The van der Waals surface area contributed by atoms with Gasteiger partial charge in [0.25, 0.3) is 5.91 Å². The van der Waals surface area contributed by atoms with E-state index in [0.717, 1.165) is 12.1 Å². The number of sulfone groups is 1. The molecule has 0 N–H and O–H groups in total. The van der Waals surface area contributed by atoms with E-state index in [1.54, 1.807) is 23.2 Å². The number of anilines is 1. The number of piperazine rings is 1. The zero-order chi connectivity index (χ0) is 21.2. The molecule has 7 nitrogen and oxygen atoms in total. The molecule has 29 heavy (non-hydrogen) atoms. The van der Waals surface area contributed by atoms with Gasteiger partial charge >= 0.3 is 0 Å². The van der Waals surface area contributed by atoms with Crippen molar-refractivity contribution in [1.82, 2.24) is 9.88 Å². The number of rotatable bonds is 5. The number of pyridine rings is 1. The highest BCUT2D eigenvalue weighted by molar-refractivity contribution is 7.90. The molecule has 2 aromatic rings. The van der Waals surface area contributed by atoms with E-state index < -0.39 is 9.84 Å². The summed E-state index contributed by atoms with van der Waals surface area (Å²) in [6.07, 6.45) is 2.58. The van der Waals surface area contributed by atoms with Gasteiger partial charge in [0.1, 0.15) is 11.6 Å². The predicted octanol–water partition coefficient (Wildman–Crippen LogP) is 2.89. The SMILES string of the molecule is CC(C)Oc1ccc(S(C)(=O)=O)cc1C(=O)N1CCN(c2ccc(Cl)cn2)CC1. The molecule has 2 heterocycles. The average Bonchev–Trinajstić information content (AvgIpc) is 2.67. The first-order chi connectivity index (χ1) is 13.6. The zero-order valence-corrected chi connectivity index (χ0v) is 18.2. The van der Waals surface area contributed by atoms with Gasteiger partial charge in [-0.25, -0.2) is 13.4 Å². The molecule has 0 saturated carbocycles. The van der Waals surface area contributed by atoms with Crippen LogP contribution in [0.15, 0.2) is 41.4 Å². The van der Waals surface area contributed by atoms with E-state index in [9.17, 15) is 13.2 Å². The maximum absolute atomic E-state index is 13.2. The first kappa shape index (κ1) is 21.4. The van der Waals surface area contributed by atoms with Crippen molar-refractivity contribution in [2.45, 2.75) is 24.8 Å². The smallest absolute Gasteiger partial charge is 0.257 e. The van der Waals surface area contributed by atoms with Gasteiger partial charge in [0.15, 0.2) is 9.84 Å². The van der Waals surface area contributed by atoms with Crippen molar-refractivity contribution in [3.63, 3.8) is 0 Å². The number of amides is 1. The summed E-state index contributed by atoms with van der Waals surface area (Å²) in [4.78, 5) is 21.4. The molecule has 0 spiro atoms. The van der Waals surface area contributed by atoms with E-state index >= 15 is 0 Å². The van der Waals surface area contributed by atoms with Crippen LogP contribution < -0.4 is 9.64 Å². The number of hydrogen-bond acceptors (Lipinski definition) is 6. The van der Waals surface area contributed by atoms with Crippen LogP contribution in [0.2, 0.25) is 5.02 Å². The number of benzene rings is 1. The second-order valence-corrected chi connectivity index (χ2v) is 9.66. The van der Waals surface area contributed by atoms with Crippen LogP contribution in [0.4, 0.5) is 5.82 Å². The normalized spacial score (nSPS) is 14.9. The van der Waals surface area contributed by atoms with Crippen molar-refractivity contribution >= 4 is 33.2 Å². The summed E-state index contributed by atoms with van der Waals surface area (Å²) >= 11 is 5.89. The summed E-state index contributed by atoms with van der Waals surface area (Å²) in [5, 5.41) is 0.575. The Labute approximate surface area is 176 Å². The van der Waals surface area contributed by atoms with E-state index in [1.807, 2.05) is 19.9 Å². The highest BCUT2D eigenvalue weighted by atomic mass is 35.5. The van der Waals surface area contributed by atoms with Gasteiger partial charge in [-0.05, 0) is 44.2 Å². The summed E-state index contributed by atoms with van der Waals surface area (Å²) in [6, 6.07) is 8.06. The number of halogens is 1. The fraction of sp³-hybridized carbons (Fsp3) is 0.400. The minimum absolute atomic E-state index is 0.0981. The van der Waals surface area contributed by atoms with Crippen LogP contribution in [-0.2, 0) is 9.84 Å². The van der Waals surface area contributed by atoms with Crippen molar-refractivity contribution in [1.29, 1.82) is 0 Å². The van der Waals surface area contributed by atoms with Gasteiger partial charge in [-0.3, -0.25) is 4.79 Å². The van der Waals surface area contributed by atoms with E-state index in [0.29, 0.717) is 37.0 Å². The van der Waals surface area contributed by atoms with Crippen molar-refractivity contribution in [3.8, 4) is 5.75 Å². The average molecular weight is 438 g/mol. The molecule has 0 bridgehead atoms. The first-order valence-corrected chi connectivity index (χ1v) is 11.6. The lowest BCUT2D eigenvalue weighted by atomic mass is 10.1. The zero-order valence-electron chi connectivity index (χ0n) is 16.6. The van der Waals surface area contributed by atoms with Gasteiger partial charge in [0.05, 0.1) is 21.6 Å². The van der Waals surface area contributed by atoms with Gasteiger partial charge in [-0.15, -0.1) is 0 Å². The number of carbonyl (C=O) groups excluding carboxylic acids is 1. The lowest BCUT2D eigenvalue weighted by molar-refractivity contribution is 0.0740. The Morgan fingerprint density at radius 3 is 2.38 bits per heavy atom. The third-order valence-corrected chi connectivity index (χ3v) is 5.91. The Kier molecular flexibility index (Phi) is 6.33. The van der Waals surface area contributed by atoms with Crippen molar-refractivity contribution in [2.24, 2.45) is 0 Å². The Morgan fingerprint density at radius 1 is 1.14 bits per heavy atom. The molecular formula is C20H24ClN3O4S. The fourth-order valence-electron chi connectivity index (χ4n) is 3.13. The molecule has 0 aliphatic carbocycles. The van der Waals surface area contributed by atoms with Gasteiger partial charge in [-0.1, -0.05) is 11.6 Å². The maximum atomic E-state index is 13.2. The van der Waals surface area contributed by atoms with E-state index in [4.69, 9.17) is 16.3 Å². The molecule has 156 valence electrons. The minimum atomic E-state index is -3.44. The van der Waals surface area contributed by atoms with Gasteiger partial charge in [-0.2, -0.15) is 0 Å². The minimum Gasteiger partial charge on any atom is -0.490 e.